The molecule has 0 fully saturated rings. The van der Waals surface area contributed by atoms with Crippen LogP contribution in [0.2, 0.25) is 0 Å². The summed E-state index contributed by atoms with van der Waals surface area (Å²) >= 11 is 0. The lowest BCUT2D eigenvalue weighted by molar-refractivity contribution is -0.119. The first-order valence-corrected chi connectivity index (χ1v) is 7.05. The van der Waals surface area contributed by atoms with Crippen LogP contribution in [0.15, 0.2) is 48.5 Å². The lowest BCUT2D eigenvalue weighted by Gasteiger charge is -2.13. The molecule has 0 heterocycles. The van der Waals surface area contributed by atoms with E-state index in [4.69, 9.17) is 10.5 Å². The van der Waals surface area contributed by atoms with Gasteiger partial charge in [0.05, 0.1) is 5.56 Å². The van der Waals surface area contributed by atoms with Gasteiger partial charge in [0.25, 0.3) is 5.91 Å². The van der Waals surface area contributed by atoms with Crippen molar-refractivity contribution < 1.29 is 14.3 Å². The van der Waals surface area contributed by atoms with Crippen LogP contribution in [0.5, 0.6) is 0 Å². The largest absolute Gasteiger partial charge is 0.452 e. The van der Waals surface area contributed by atoms with Crippen molar-refractivity contribution in [2.45, 2.75) is 0 Å². The van der Waals surface area contributed by atoms with Crippen molar-refractivity contribution in [2.24, 2.45) is 0 Å². The van der Waals surface area contributed by atoms with Crippen LogP contribution in [0.4, 0.5) is 17.1 Å². The number of esters is 1. The van der Waals surface area contributed by atoms with Gasteiger partial charge in [-0.1, -0.05) is 0 Å². The molecule has 6 nitrogen and oxygen atoms in total. The number of benzene rings is 2. The molecule has 0 aliphatic heterocycles. The highest BCUT2D eigenvalue weighted by atomic mass is 16.5. The van der Waals surface area contributed by atoms with Crippen LogP contribution in [0.25, 0.3) is 0 Å². The Kier molecular flexibility index (Phi) is 5.19. The maximum Gasteiger partial charge on any atom is 0.338 e. The molecule has 0 aliphatic rings. The van der Waals surface area contributed by atoms with Gasteiger partial charge in [0.15, 0.2) is 6.61 Å². The van der Waals surface area contributed by atoms with E-state index in [1.807, 2.05) is 31.1 Å². The van der Waals surface area contributed by atoms with Crippen molar-refractivity contribution in [3.8, 4) is 0 Å². The molecule has 2 aromatic rings. The van der Waals surface area contributed by atoms with E-state index in [0.29, 0.717) is 16.9 Å². The van der Waals surface area contributed by atoms with E-state index < -0.39 is 11.9 Å². The Morgan fingerprint density at radius 3 is 2.22 bits per heavy atom. The number of anilines is 3. The molecule has 120 valence electrons. The molecule has 6 heteroatoms. The Bertz CT molecular complexity index is 679. The number of amides is 1. The highest BCUT2D eigenvalue weighted by Gasteiger charge is 2.10. The number of nitrogens with zero attached hydrogens (tertiary/aromatic N) is 1. The Labute approximate surface area is 134 Å². The molecule has 0 spiro atoms. The van der Waals surface area contributed by atoms with Crippen LogP contribution in [-0.2, 0) is 9.53 Å². The monoisotopic (exact) mass is 313 g/mol. The molecule has 0 aromatic heterocycles. The molecule has 0 unspecified atom stereocenters. The molecule has 0 aliphatic carbocycles. The van der Waals surface area contributed by atoms with E-state index in [9.17, 15) is 9.59 Å². The lowest BCUT2D eigenvalue weighted by atomic mass is 10.2. The Balaban J connectivity index is 1.85. The number of carbonyl (C=O) groups excluding carboxylic acids is 2. The number of hydrogen-bond acceptors (Lipinski definition) is 5. The molecule has 23 heavy (non-hydrogen) atoms. The topological polar surface area (TPSA) is 84.7 Å². The van der Waals surface area contributed by atoms with Crippen LogP contribution in [-0.4, -0.2) is 32.6 Å². The van der Waals surface area contributed by atoms with Crippen molar-refractivity contribution in [1.29, 1.82) is 0 Å². The molecule has 0 atom stereocenters. The standard InChI is InChI=1S/C17H19N3O3/c1-20(2)15-9-7-14(8-10-15)19-16(21)11-23-17(22)12-3-5-13(18)6-4-12/h3-10H,11,18H2,1-2H3,(H,19,21). The number of nitrogen functional groups attached to an aromatic ring is 1. The summed E-state index contributed by atoms with van der Waals surface area (Å²) in [5, 5.41) is 2.67. The van der Waals surface area contributed by atoms with Gasteiger partial charge >= 0.3 is 5.97 Å². The van der Waals surface area contributed by atoms with Crippen LogP contribution in [0.1, 0.15) is 10.4 Å². The van der Waals surface area contributed by atoms with Gasteiger partial charge in [-0.3, -0.25) is 4.79 Å². The summed E-state index contributed by atoms with van der Waals surface area (Å²) in [6, 6.07) is 13.6. The summed E-state index contributed by atoms with van der Waals surface area (Å²) in [7, 11) is 3.87. The summed E-state index contributed by atoms with van der Waals surface area (Å²) < 4.78 is 4.96. The Hall–Kier alpha value is -3.02. The summed E-state index contributed by atoms with van der Waals surface area (Å²) in [5.74, 6) is -0.963. The smallest absolute Gasteiger partial charge is 0.338 e. The number of carbonyl (C=O) groups is 2. The average Bonchev–Trinajstić information content (AvgIpc) is 2.54. The van der Waals surface area contributed by atoms with Gasteiger partial charge in [0.1, 0.15) is 0 Å². The number of nitrogens with one attached hydrogen (secondary N) is 1. The van der Waals surface area contributed by atoms with Crippen LogP contribution < -0.4 is 16.0 Å². The molecule has 0 radical (unpaired) electrons. The van der Waals surface area contributed by atoms with E-state index in [1.165, 1.54) is 0 Å². The van der Waals surface area contributed by atoms with Crippen molar-refractivity contribution in [2.75, 3.05) is 36.7 Å². The van der Waals surface area contributed by atoms with Crippen LogP contribution in [0, 0.1) is 0 Å². The number of ether oxygens (including phenoxy) is 1. The quantitative estimate of drug-likeness (QED) is 0.652. The first-order valence-electron chi connectivity index (χ1n) is 7.05. The molecular weight excluding hydrogens is 294 g/mol. The third-order valence-corrected chi connectivity index (χ3v) is 3.15. The average molecular weight is 313 g/mol. The minimum absolute atomic E-state index is 0.349. The zero-order valence-corrected chi connectivity index (χ0v) is 13.1. The minimum atomic E-state index is -0.567. The van der Waals surface area contributed by atoms with E-state index in [-0.39, 0.29) is 6.61 Å². The van der Waals surface area contributed by atoms with E-state index >= 15 is 0 Å². The zero-order chi connectivity index (χ0) is 16.8. The van der Waals surface area contributed by atoms with Gasteiger partial charge in [-0.05, 0) is 48.5 Å². The second-order valence-electron chi connectivity index (χ2n) is 5.19. The van der Waals surface area contributed by atoms with Crippen LogP contribution in [0.3, 0.4) is 0 Å². The predicted octanol–water partition coefficient (Wildman–Crippen LogP) is 2.13. The molecule has 3 N–H and O–H groups in total. The number of nitrogens with two attached hydrogens (primary N) is 1. The summed E-state index contributed by atoms with van der Waals surface area (Å²) in [5.41, 5.74) is 8.12. The zero-order valence-electron chi connectivity index (χ0n) is 13.1. The van der Waals surface area contributed by atoms with E-state index in [0.717, 1.165) is 5.69 Å². The SMILES string of the molecule is CN(C)c1ccc(NC(=O)COC(=O)c2ccc(N)cc2)cc1. The van der Waals surface area contributed by atoms with E-state index in [1.54, 1.807) is 36.4 Å². The summed E-state index contributed by atoms with van der Waals surface area (Å²) in [6.07, 6.45) is 0. The first-order chi connectivity index (χ1) is 11.0. The first kappa shape index (κ1) is 16.4. The minimum Gasteiger partial charge on any atom is -0.452 e. The van der Waals surface area contributed by atoms with Crippen molar-refractivity contribution >= 4 is 28.9 Å². The van der Waals surface area contributed by atoms with Gasteiger partial charge < -0.3 is 20.7 Å². The molecule has 2 rings (SSSR count). The third-order valence-electron chi connectivity index (χ3n) is 3.15. The van der Waals surface area contributed by atoms with Gasteiger partial charge in [-0.25, -0.2) is 4.79 Å². The third kappa shape index (κ3) is 4.74. The van der Waals surface area contributed by atoms with Crippen molar-refractivity contribution in [3.63, 3.8) is 0 Å². The fourth-order valence-electron chi connectivity index (χ4n) is 1.87. The van der Waals surface area contributed by atoms with Crippen molar-refractivity contribution in [1.82, 2.24) is 0 Å². The number of rotatable bonds is 5. The highest BCUT2D eigenvalue weighted by Crippen LogP contribution is 2.15. The summed E-state index contributed by atoms with van der Waals surface area (Å²) in [4.78, 5) is 25.5. The fraction of sp³-hybridized carbons (Fsp3) is 0.176. The summed E-state index contributed by atoms with van der Waals surface area (Å²) in [6.45, 7) is -0.349. The van der Waals surface area contributed by atoms with E-state index in [2.05, 4.69) is 5.32 Å². The highest BCUT2D eigenvalue weighted by molar-refractivity contribution is 5.95. The normalized spacial score (nSPS) is 10.0. The van der Waals surface area contributed by atoms with Gasteiger partial charge in [0.2, 0.25) is 0 Å². The maximum absolute atomic E-state index is 11.8. The molecule has 0 saturated carbocycles. The Morgan fingerprint density at radius 1 is 1.04 bits per heavy atom. The number of hydrogen-bond donors (Lipinski definition) is 2. The van der Waals surface area contributed by atoms with Gasteiger partial charge in [-0.15, -0.1) is 0 Å². The molecule has 0 saturated heterocycles. The Morgan fingerprint density at radius 2 is 1.65 bits per heavy atom. The molecule has 0 bridgehead atoms. The van der Waals surface area contributed by atoms with Gasteiger partial charge in [-0.2, -0.15) is 0 Å². The van der Waals surface area contributed by atoms with Crippen molar-refractivity contribution in [3.05, 3.63) is 54.1 Å². The fourth-order valence-corrected chi connectivity index (χ4v) is 1.87. The second-order valence-corrected chi connectivity index (χ2v) is 5.19. The predicted molar refractivity (Wildman–Crippen MR) is 90.5 cm³/mol. The van der Waals surface area contributed by atoms with Crippen LogP contribution >= 0.6 is 0 Å². The second kappa shape index (κ2) is 7.31. The lowest BCUT2D eigenvalue weighted by Crippen LogP contribution is -2.21. The molecule has 2 aromatic carbocycles. The molecule has 1 amide bonds. The molecular formula is C17H19N3O3. The maximum atomic E-state index is 11.8. The van der Waals surface area contributed by atoms with Gasteiger partial charge in [0, 0.05) is 31.2 Å².